The van der Waals surface area contributed by atoms with Crippen LogP contribution in [0.5, 0.6) is 5.75 Å². The van der Waals surface area contributed by atoms with Gasteiger partial charge < -0.3 is 19.8 Å². The third-order valence-electron chi connectivity index (χ3n) is 6.92. The van der Waals surface area contributed by atoms with E-state index in [1.165, 1.54) is 0 Å². The van der Waals surface area contributed by atoms with E-state index in [1.807, 2.05) is 24.3 Å². The van der Waals surface area contributed by atoms with Gasteiger partial charge in [-0.15, -0.1) is 0 Å². The summed E-state index contributed by atoms with van der Waals surface area (Å²) in [6.45, 7) is 6.02. The van der Waals surface area contributed by atoms with Crippen LogP contribution in [0.1, 0.15) is 65.3 Å². The van der Waals surface area contributed by atoms with Crippen molar-refractivity contribution in [1.82, 2.24) is 10.3 Å². The summed E-state index contributed by atoms with van der Waals surface area (Å²) in [7, 11) is 0. The molecule has 1 fully saturated rings. The maximum absolute atomic E-state index is 13.7. The summed E-state index contributed by atoms with van der Waals surface area (Å²) < 4.78 is 11.8. The first-order valence-corrected chi connectivity index (χ1v) is 11.8. The Balaban J connectivity index is 1.53. The zero-order chi connectivity index (χ0) is 22.8. The van der Waals surface area contributed by atoms with Crippen molar-refractivity contribution in [2.24, 2.45) is 0 Å². The van der Waals surface area contributed by atoms with Crippen molar-refractivity contribution in [2.75, 3.05) is 32.9 Å². The Morgan fingerprint density at radius 2 is 2.03 bits per heavy atom. The molecule has 0 atom stereocenters. The van der Waals surface area contributed by atoms with Gasteiger partial charge in [-0.05, 0) is 74.7 Å². The first-order chi connectivity index (χ1) is 16.2. The molecule has 2 N–H and O–H groups in total. The summed E-state index contributed by atoms with van der Waals surface area (Å²) in [5, 5.41) is 13.6. The fourth-order valence-corrected chi connectivity index (χ4v) is 5.27. The minimum absolute atomic E-state index is 0.0309. The number of rotatable bonds is 7. The Labute approximate surface area is 193 Å². The molecule has 2 heterocycles. The third kappa shape index (κ3) is 3.72. The summed E-state index contributed by atoms with van der Waals surface area (Å²) in [6, 6.07) is 13.6. The molecule has 1 aromatic heterocycles. The Bertz CT molecular complexity index is 1230. The molecule has 2 aliphatic rings. The average molecular weight is 444 g/mol. The topological polar surface area (TPSA) is 87.1 Å². The van der Waals surface area contributed by atoms with Gasteiger partial charge in [0.1, 0.15) is 5.75 Å². The number of benzene rings is 2. The second-order valence-corrected chi connectivity index (χ2v) is 8.93. The minimum Gasteiger partial charge on any atom is -0.494 e. The second-order valence-electron chi connectivity index (χ2n) is 8.93. The van der Waals surface area contributed by atoms with Crippen molar-refractivity contribution in [3.8, 4) is 11.8 Å². The lowest BCUT2D eigenvalue weighted by atomic mass is 9.64. The smallest absolute Gasteiger partial charge is 0.195 e. The number of carbonyl (C=O) groups excluding carboxylic acids is 1. The van der Waals surface area contributed by atoms with Crippen LogP contribution >= 0.6 is 0 Å². The number of carbonyl (C=O) groups is 1. The predicted molar refractivity (Wildman–Crippen MR) is 127 cm³/mol. The van der Waals surface area contributed by atoms with Gasteiger partial charge in [0.25, 0.3) is 0 Å². The van der Waals surface area contributed by atoms with Gasteiger partial charge in [0.2, 0.25) is 0 Å². The quantitative estimate of drug-likeness (QED) is 0.527. The molecule has 0 radical (unpaired) electrons. The van der Waals surface area contributed by atoms with E-state index in [-0.39, 0.29) is 11.2 Å². The summed E-state index contributed by atoms with van der Waals surface area (Å²) >= 11 is 0. The van der Waals surface area contributed by atoms with E-state index in [0.29, 0.717) is 25.4 Å². The molecule has 1 spiro atoms. The van der Waals surface area contributed by atoms with Crippen LogP contribution in [0.2, 0.25) is 0 Å². The molecule has 0 bridgehead atoms. The van der Waals surface area contributed by atoms with Gasteiger partial charge in [0.05, 0.1) is 23.8 Å². The summed E-state index contributed by atoms with van der Waals surface area (Å²) in [5.74, 6) is 0.831. The van der Waals surface area contributed by atoms with Gasteiger partial charge in [0.15, 0.2) is 5.78 Å². The highest BCUT2D eigenvalue weighted by Crippen LogP contribution is 2.50. The first kappa shape index (κ1) is 21.7. The lowest BCUT2D eigenvalue weighted by Gasteiger charge is -2.41. The van der Waals surface area contributed by atoms with Crippen LogP contribution in [0, 0.1) is 11.3 Å². The van der Waals surface area contributed by atoms with Gasteiger partial charge in [0, 0.05) is 40.8 Å². The summed E-state index contributed by atoms with van der Waals surface area (Å²) in [4.78, 5) is 17.2. The first-order valence-electron chi connectivity index (χ1n) is 11.8. The molecule has 0 unspecified atom stereocenters. The predicted octanol–water partition coefficient (Wildman–Crippen LogP) is 4.45. The van der Waals surface area contributed by atoms with E-state index in [4.69, 9.17) is 9.47 Å². The van der Waals surface area contributed by atoms with Crippen LogP contribution in [-0.4, -0.2) is 43.7 Å². The van der Waals surface area contributed by atoms with Gasteiger partial charge in [-0.1, -0.05) is 13.0 Å². The molecule has 2 aromatic carbocycles. The molecular formula is C27H29N3O3. The largest absolute Gasteiger partial charge is 0.494 e. The molecule has 0 saturated carbocycles. The number of aromatic nitrogens is 1. The molecule has 170 valence electrons. The highest BCUT2D eigenvalue weighted by molar-refractivity contribution is 6.20. The van der Waals surface area contributed by atoms with Gasteiger partial charge in [-0.3, -0.25) is 4.79 Å². The van der Waals surface area contributed by atoms with Crippen molar-refractivity contribution in [2.45, 2.75) is 38.0 Å². The monoisotopic (exact) mass is 443 g/mol. The number of ketones is 1. The number of nitriles is 1. The zero-order valence-electron chi connectivity index (χ0n) is 19.0. The van der Waals surface area contributed by atoms with Crippen LogP contribution in [-0.2, 0) is 10.2 Å². The third-order valence-corrected chi connectivity index (χ3v) is 6.92. The normalized spacial score (nSPS) is 16.4. The van der Waals surface area contributed by atoms with Crippen LogP contribution in [0.3, 0.4) is 0 Å². The maximum atomic E-state index is 13.7. The molecule has 33 heavy (non-hydrogen) atoms. The van der Waals surface area contributed by atoms with Crippen molar-refractivity contribution >= 4 is 16.7 Å². The van der Waals surface area contributed by atoms with Gasteiger partial charge in [-0.25, -0.2) is 0 Å². The van der Waals surface area contributed by atoms with E-state index >= 15 is 0 Å². The summed E-state index contributed by atoms with van der Waals surface area (Å²) in [6.07, 6.45) is 3.65. The Morgan fingerprint density at radius 1 is 1.18 bits per heavy atom. The molecule has 1 aliphatic carbocycles. The zero-order valence-corrected chi connectivity index (χ0v) is 19.0. The fraction of sp³-hybridized carbons (Fsp3) is 0.407. The standard InChI is InChI=1S/C27H29N3O3/c1-2-10-29-11-3-12-33-19-5-7-20-22(16-19)27(8-13-32-14-9-27)26-24(25(20)31)21-6-4-18(17-28)15-23(21)30-26/h4-7,15-16,29-30H,2-3,8-14H2,1H3. The van der Waals surface area contributed by atoms with E-state index in [0.717, 1.165) is 77.8 Å². The second kappa shape index (κ2) is 9.01. The molecule has 1 saturated heterocycles. The number of aromatic amines is 1. The van der Waals surface area contributed by atoms with Crippen molar-refractivity contribution in [3.05, 3.63) is 64.3 Å². The number of fused-ring (bicyclic) bond motifs is 6. The van der Waals surface area contributed by atoms with Gasteiger partial charge >= 0.3 is 0 Å². The van der Waals surface area contributed by atoms with Crippen LogP contribution < -0.4 is 10.1 Å². The fourth-order valence-electron chi connectivity index (χ4n) is 5.27. The van der Waals surface area contributed by atoms with Gasteiger partial charge in [-0.2, -0.15) is 5.26 Å². The average Bonchev–Trinajstić information content (AvgIpc) is 3.25. The molecular weight excluding hydrogens is 414 g/mol. The van der Waals surface area contributed by atoms with E-state index in [2.05, 4.69) is 29.4 Å². The molecule has 3 aromatic rings. The Hall–Kier alpha value is -3.14. The number of ether oxygens (including phenoxy) is 2. The van der Waals surface area contributed by atoms with Crippen LogP contribution in [0.4, 0.5) is 0 Å². The number of H-pyrrole nitrogens is 1. The van der Waals surface area contributed by atoms with Crippen molar-refractivity contribution in [1.29, 1.82) is 5.26 Å². The number of hydrogen-bond donors (Lipinski definition) is 2. The van der Waals surface area contributed by atoms with E-state index < -0.39 is 0 Å². The highest BCUT2D eigenvalue weighted by Gasteiger charge is 2.47. The molecule has 5 rings (SSSR count). The van der Waals surface area contributed by atoms with Crippen LogP contribution in [0.15, 0.2) is 36.4 Å². The maximum Gasteiger partial charge on any atom is 0.195 e. The Kier molecular flexibility index (Phi) is 5.92. The highest BCUT2D eigenvalue weighted by atomic mass is 16.5. The Morgan fingerprint density at radius 3 is 2.82 bits per heavy atom. The van der Waals surface area contributed by atoms with Crippen molar-refractivity contribution in [3.63, 3.8) is 0 Å². The molecule has 6 nitrogen and oxygen atoms in total. The molecule has 0 amide bonds. The number of nitrogens with zero attached hydrogens (tertiary/aromatic N) is 1. The SMILES string of the molecule is CCCNCCCOc1ccc2c(c1)C1(CCOCC1)c1[nH]c3cc(C#N)ccc3c1C2=O. The van der Waals surface area contributed by atoms with Crippen LogP contribution in [0.25, 0.3) is 10.9 Å². The summed E-state index contributed by atoms with van der Waals surface area (Å²) in [5.41, 5.74) is 4.54. The van der Waals surface area contributed by atoms with Crippen molar-refractivity contribution < 1.29 is 14.3 Å². The van der Waals surface area contributed by atoms with E-state index in [1.54, 1.807) is 6.07 Å². The minimum atomic E-state index is -0.329. The van der Waals surface area contributed by atoms with E-state index in [9.17, 15) is 10.1 Å². The molecule has 6 heteroatoms. The lowest BCUT2D eigenvalue weighted by Crippen LogP contribution is -2.40. The lowest BCUT2D eigenvalue weighted by molar-refractivity contribution is 0.0601. The molecule has 1 aliphatic heterocycles. The number of nitrogens with one attached hydrogen (secondary N) is 2. The number of hydrogen-bond acceptors (Lipinski definition) is 5.